The van der Waals surface area contributed by atoms with Crippen molar-refractivity contribution in [2.75, 3.05) is 12.0 Å². The summed E-state index contributed by atoms with van der Waals surface area (Å²) in [4.78, 5) is 0. The summed E-state index contributed by atoms with van der Waals surface area (Å²) in [6.07, 6.45) is 8.08. The van der Waals surface area contributed by atoms with E-state index in [2.05, 4.69) is 17.9 Å². The molecule has 0 aromatic heterocycles. The Morgan fingerprint density at radius 2 is 2.06 bits per heavy atom. The highest BCUT2D eigenvalue weighted by molar-refractivity contribution is 7.99. The summed E-state index contributed by atoms with van der Waals surface area (Å²) in [5.74, 6) is 0.293. The molecule has 1 aliphatic rings. The molecule has 0 radical (unpaired) electrons. The van der Waals surface area contributed by atoms with Gasteiger partial charge in [0.15, 0.2) is 0 Å². The van der Waals surface area contributed by atoms with Crippen molar-refractivity contribution in [3.63, 3.8) is 0 Å². The summed E-state index contributed by atoms with van der Waals surface area (Å²) in [5, 5.41) is 0.642. The van der Waals surface area contributed by atoms with Gasteiger partial charge in [-0.25, -0.2) is 13.1 Å². The maximum Gasteiger partial charge on any atom is 0.211 e. The molecule has 0 unspecified atom stereocenters. The summed E-state index contributed by atoms with van der Waals surface area (Å²) in [5.41, 5.74) is 0. The summed E-state index contributed by atoms with van der Waals surface area (Å²) < 4.78 is 26.3. The highest BCUT2D eigenvalue weighted by atomic mass is 32.2. The quantitative estimate of drug-likeness (QED) is 0.719. The van der Waals surface area contributed by atoms with Gasteiger partial charge in [-0.3, -0.25) is 0 Å². The smallest absolute Gasteiger partial charge is 0.211 e. The third-order valence-corrected chi connectivity index (χ3v) is 5.69. The van der Waals surface area contributed by atoms with E-state index < -0.39 is 10.0 Å². The summed E-state index contributed by atoms with van der Waals surface area (Å²) in [6, 6.07) is 0.184. The molecule has 1 rings (SSSR count). The van der Waals surface area contributed by atoms with Crippen molar-refractivity contribution in [1.29, 1.82) is 0 Å². The zero-order valence-electron chi connectivity index (χ0n) is 10.2. The Balaban J connectivity index is 2.30. The summed E-state index contributed by atoms with van der Waals surface area (Å²) in [7, 11) is -3.03. The molecule has 1 N–H and O–H groups in total. The lowest BCUT2D eigenvalue weighted by molar-refractivity contribution is 0.549. The third-order valence-electron chi connectivity index (χ3n) is 3.08. The predicted molar refractivity (Wildman–Crippen MR) is 71.4 cm³/mol. The lowest BCUT2D eigenvalue weighted by atomic mass is 10.3. The first-order chi connectivity index (χ1) is 7.57. The molecule has 3 nitrogen and oxygen atoms in total. The third kappa shape index (κ3) is 5.06. The van der Waals surface area contributed by atoms with Crippen LogP contribution in [0.5, 0.6) is 0 Å². The molecule has 96 valence electrons. The highest BCUT2D eigenvalue weighted by Gasteiger charge is 2.27. The minimum Gasteiger partial charge on any atom is -0.212 e. The van der Waals surface area contributed by atoms with Crippen molar-refractivity contribution in [1.82, 2.24) is 4.72 Å². The van der Waals surface area contributed by atoms with E-state index >= 15 is 0 Å². The zero-order valence-corrected chi connectivity index (χ0v) is 11.9. The molecule has 0 aromatic rings. The van der Waals surface area contributed by atoms with Crippen LogP contribution < -0.4 is 4.72 Å². The van der Waals surface area contributed by atoms with Crippen LogP contribution >= 0.6 is 11.8 Å². The van der Waals surface area contributed by atoms with Gasteiger partial charge in [-0.15, -0.1) is 0 Å². The molecule has 0 spiro atoms. The van der Waals surface area contributed by atoms with Gasteiger partial charge in [0.05, 0.1) is 5.75 Å². The standard InChI is InChI=1S/C11H23NO2S2/c1-3-4-5-8-16(13,14)12-10-6-7-11(9-10)15-2/h10-12H,3-9H2,1-2H3/t10-,11+/m0/s1. The van der Waals surface area contributed by atoms with Gasteiger partial charge in [-0.1, -0.05) is 19.8 Å². The number of thioether (sulfide) groups is 1. The number of hydrogen-bond donors (Lipinski definition) is 1. The normalized spacial score (nSPS) is 26.1. The number of unbranched alkanes of at least 4 members (excludes halogenated alkanes) is 2. The molecule has 2 atom stereocenters. The molecule has 0 amide bonds. The largest absolute Gasteiger partial charge is 0.212 e. The van der Waals surface area contributed by atoms with Crippen LogP contribution in [0.2, 0.25) is 0 Å². The monoisotopic (exact) mass is 265 g/mol. The number of sulfonamides is 1. The number of nitrogens with one attached hydrogen (secondary N) is 1. The average molecular weight is 265 g/mol. The van der Waals surface area contributed by atoms with Gasteiger partial charge in [-0.05, 0) is 31.9 Å². The maximum atomic E-state index is 11.7. The minimum absolute atomic E-state index is 0.184. The molecule has 5 heteroatoms. The van der Waals surface area contributed by atoms with Crippen LogP contribution in [-0.4, -0.2) is 31.7 Å². The molecule has 0 aliphatic heterocycles. The van der Waals surface area contributed by atoms with Gasteiger partial charge in [0.1, 0.15) is 0 Å². The van der Waals surface area contributed by atoms with Crippen LogP contribution in [0.4, 0.5) is 0 Å². The Bertz CT molecular complexity index is 290. The van der Waals surface area contributed by atoms with Gasteiger partial charge in [0.25, 0.3) is 0 Å². The van der Waals surface area contributed by atoms with E-state index in [0.29, 0.717) is 11.0 Å². The topological polar surface area (TPSA) is 46.2 Å². The summed E-state index contributed by atoms with van der Waals surface area (Å²) in [6.45, 7) is 2.08. The van der Waals surface area contributed by atoms with Crippen molar-refractivity contribution in [2.45, 2.75) is 56.7 Å². The molecular weight excluding hydrogens is 242 g/mol. The van der Waals surface area contributed by atoms with E-state index in [-0.39, 0.29) is 6.04 Å². The molecule has 1 fully saturated rings. The summed E-state index contributed by atoms with van der Waals surface area (Å²) >= 11 is 1.85. The van der Waals surface area contributed by atoms with E-state index in [1.54, 1.807) is 0 Å². The van der Waals surface area contributed by atoms with E-state index in [9.17, 15) is 8.42 Å². The zero-order chi connectivity index (χ0) is 12.0. The van der Waals surface area contributed by atoms with E-state index in [0.717, 1.165) is 38.5 Å². The number of rotatable bonds is 7. The van der Waals surface area contributed by atoms with Gasteiger partial charge >= 0.3 is 0 Å². The fourth-order valence-corrected chi connectivity index (χ4v) is 4.34. The van der Waals surface area contributed by atoms with E-state index in [1.807, 2.05) is 11.8 Å². The van der Waals surface area contributed by atoms with Crippen LogP contribution in [0.1, 0.15) is 45.4 Å². The molecule has 0 heterocycles. The van der Waals surface area contributed by atoms with Crippen LogP contribution in [0, 0.1) is 0 Å². The van der Waals surface area contributed by atoms with Gasteiger partial charge in [0.2, 0.25) is 10.0 Å². The first-order valence-corrected chi connectivity index (χ1v) is 9.04. The van der Waals surface area contributed by atoms with Crippen LogP contribution in [0.15, 0.2) is 0 Å². The fraction of sp³-hybridized carbons (Fsp3) is 1.00. The highest BCUT2D eigenvalue weighted by Crippen LogP contribution is 2.28. The van der Waals surface area contributed by atoms with E-state index in [1.165, 1.54) is 0 Å². The van der Waals surface area contributed by atoms with Crippen LogP contribution in [0.3, 0.4) is 0 Å². The minimum atomic E-state index is -3.03. The molecule has 0 bridgehead atoms. The van der Waals surface area contributed by atoms with Crippen molar-refractivity contribution in [3.05, 3.63) is 0 Å². The molecule has 0 aromatic carbocycles. The lowest BCUT2D eigenvalue weighted by Gasteiger charge is -2.13. The lowest BCUT2D eigenvalue weighted by Crippen LogP contribution is -2.34. The van der Waals surface area contributed by atoms with E-state index in [4.69, 9.17) is 0 Å². The van der Waals surface area contributed by atoms with Gasteiger partial charge in [0, 0.05) is 11.3 Å². The molecular formula is C11H23NO2S2. The molecule has 1 aliphatic carbocycles. The Morgan fingerprint density at radius 1 is 1.31 bits per heavy atom. The SMILES string of the molecule is CCCCCS(=O)(=O)N[C@H]1CC[C@@H](SC)C1. The Kier molecular flexibility index (Phi) is 6.15. The Morgan fingerprint density at radius 3 is 2.62 bits per heavy atom. The molecule has 16 heavy (non-hydrogen) atoms. The molecule has 0 saturated heterocycles. The second-order valence-corrected chi connectivity index (χ2v) is 7.52. The van der Waals surface area contributed by atoms with Crippen molar-refractivity contribution in [2.24, 2.45) is 0 Å². The maximum absolute atomic E-state index is 11.7. The van der Waals surface area contributed by atoms with Gasteiger partial charge in [-0.2, -0.15) is 11.8 Å². The Labute approximate surface area is 104 Å². The first kappa shape index (κ1) is 14.3. The second kappa shape index (κ2) is 6.87. The Hall–Kier alpha value is 0.260. The predicted octanol–water partition coefficient (Wildman–Crippen LogP) is 2.38. The van der Waals surface area contributed by atoms with Crippen molar-refractivity contribution >= 4 is 21.8 Å². The fourth-order valence-electron chi connectivity index (χ4n) is 2.12. The second-order valence-electron chi connectivity index (χ2n) is 4.51. The van der Waals surface area contributed by atoms with Crippen LogP contribution in [0.25, 0.3) is 0 Å². The van der Waals surface area contributed by atoms with Gasteiger partial charge < -0.3 is 0 Å². The average Bonchev–Trinajstić information content (AvgIpc) is 2.65. The van der Waals surface area contributed by atoms with Crippen molar-refractivity contribution < 1.29 is 8.42 Å². The van der Waals surface area contributed by atoms with Crippen molar-refractivity contribution in [3.8, 4) is 0 Å². The van der Waals surface area contributed by atoms with Crippen LogP contribution in [-0.2, 0) is 10.0 Å². The molecule has 1 saturated carbocycles. The first-order valence-electron chi connectivity index (χ1n) is 6.10. The number of hydrogen-bond acceptors (Lipinski definition) is 3.